The first-order chi connectivity index (χ1) is 11.7. The highest BCUT2D eigenvalue weighted by molar-refractivity contribution is 7.98. The molecule has 1 aromatic heterocycles. The maximum atomic E-state index is 13.6. The molecule has 0 radical (unpaired) electrons. The number of aromatic nitrogens is 2. The highest BCUT2D eigenvalue weighted by Crippen LogP contribution is 2.23. The van der Waals surface area contributed by atoms with Crippen molar-refractivity contribution in [3.8, 4) is 0 Å². The summed E-state index contributed by atoms with van der Waals surface area (Å²) in [6.07, 6.45) is 0. The minimum absolute atomic E-state index is 0.0249. The lowest BCUT2D eigenvalue weighted by Crippen LogP contribution is -2.35. The van der Waals surface area contributed by atoms with Crippen LogP contribution in [0.4, 0.5) is 4.39 Å². The molecule has 136 valence electrons. The molecule has 0 aliphatic carbocycles. The quantitative estimate of drug-likeness (QED) is 0.600. The number of aromatic amines is 2. The van der Waals surface area contributed by atoms with Gasteiger partial charge in [0.25, 0.3) is 5.56 Å². The van der Waals surface area contributed by atoms with E-state index < -0.39 is 32.0 Å². The second-order valence-corrected chi connectivity index (χ2v) is 8.23. The van der Waals surface area contributed by atoms with Gasteiger partial charge in [0.2, 0.25) is 10.0 Å². The predicted octanol–water partition coefficient (Wildman–Crippen LogP) is 1.38. The Morgan fingerprint density at radius 3 is 2.64 bits per heavy atom. The molecule has 3 N–H and O–H groups in total. The van der Waals surface area contributed by atoms with Crippen molar-refractivity contribution in [3.63, 3.8) is 0 Å². The molecule has 25 heavy (non-hydrogen) atoms. The van der Waals surface area contributed by atoms with E-state index in [0.29, 0.717) is 16.3 Å². The number of rotatable bonds is 7. The Labute approximate surface area is 152 Å². The van der Waals surface area contributed by atoms with Crippen molar-refractivity contribution in [2.75, 3.05) is 12.3 Å². The third-order valence-electron chi connectivity index (χ3n) is 3.19. The van der Waals surface area contributed by atoms with Gasteiger partial charge < -0.3 is 4.98 Å². The maximum Gasteiger partial charge on any atom is 0.325 e. The van der Waals surface area contributed by atoms with Crippen LogP contribution in [-0.2, 0) is 15.8 Å². The van der Waals surface area contributed by atoms with E-state index in [-0.39, 0.29) is 18.0 Å². The lowest BCUT2D eigenvalue weighted by atomic mass is 10.2. The van der Waals surface area contributed by atoms with Gasteiger partial charge in [-0.25, -0.2) is 22.3 Å². The summed E-state index contributed by atoms with van der Waals surface area (Å²) in [5.41, 5.74) is -1.46. The van der Waals surface area contributed by atoms with Gasteiger partial charge in [0.1, 0.15) is 5.82 Å². The summed E-state index contributed by atoms with van der Waals surface area (Å²) in [5.74, 6) is 0.200. The zero-order valence-corrected chi connectivity index (χ0v) is 15.4. The largest absolute Gasteiger partial charge is 0.325 e. The fourth-order valence-corrected chi connectivity index (χ4v) is 4.67. The number of sulfonamides is 1. The molecule has 0 saturated heterocycles. The second kappa shape index (κ2) is 8.17. The molecule has 1 heterocycles. The lowest BCUT2D eigenvalue weighted by molar-refractivity contribution is 0.580. The summed E-state index contributed by atoms with van der Waals surface area (Å²) in [7, 11) is -4.08. The van der Waals surface area contributed by atoms with Crippen LogP contribution in [-0.4, -0.2) is 30.7 Å². The van der Waals surface area contributed by atoms with Gasteiger partial charge in [-0.3, -0.25) is 9.78 Å². The molecular weight excluding hydrogens is 393 g/mol. The fourth-order valence-electron chi connectivity index (χ4n) is 2.08. The topological polar surface area (TPSA) is 112 Å². The van der Waals surface area contributed by atoms with Crippen LogP contribution in [0.3, 0.4) is 0 Å². The van der Waals surface area contributed by atoms with Gasteiger partial charge in [0.05, 0.1) is 0 Å². The molecule has 2 aromatic rings. The first-order valence-electron chi connectivity index (χ1n) is 7.06. The molecule has 0 fully saturated rings. The summed E-state index contributed by atoms with van der Waals surface area (Å²) in [6, 6.07) is 4.38. The van der Waals surface area contributed by atoms with Crippen LogP contribution in [0.5, 0.6) is 0 Å². The maximum absolute atomic E-state index is 13.6. The lowest BCUT2D eigenvalue weighted by Gasteiger charge is -2.08. The van der Waals surface area contributed by atoms with Crippen molar-refractivity contribution >= 4 is 33.4 Å². The van der Waals surface area contributed by atoms with Crippen molar-refractivity contribution < 1.29 is 12.8 Å². The predicted molar refractivity (Wildman–Crippen MR) is 95.2 cm³/mol. The normalized spacial score (nSPS) is 11.6. The molecule has 0 spiro atoms. The molecule has 0 saturated carbocycles. The molecule has 7 nitrogen and oxygen atoms in total. The smallest absolute Gasteiger partial charge is 0.310 e. The Bertz CT molecular complexity index is 968. The van der Waals surface area contributed by atoms with Gasteiger partial charge in [0.15, 0.2) is 4.90 Å². The number of hydrogen-bond donors (Lipinski definition) is 3. The highest BCUT2D eigenvalue weighted by atomic mass is 35.5. The van der Waals surface area contributed by atoms with Gasteiger partial charge in [-0.05, 0) is 19.1 Å². The number of aryl methyl sites for hydroxylation is 1. The minimum Gasteiger partial charge on any atom is -0.310 e. The van der Waals surface area contributed by atoms with Gasteiger partial charge in [-0.15, -0.1) is 0 Å². The Balaban J connectivity index is 1.96. The second-order valence-electron chi connectivity index (χ2n) is 5.01. The number of hydrogen-bond acceptors (Lipinski definition) is 5. The summed E-state index contributed by atoms with van der Waals surface area (Å²) in [6.45, 7) is 1.34. The molecule has 0 unspecified atom stereocenters. The van der Waals surface area contributed by atoms with Crippen molar-refractivity contribution in [1.29, 1.82) is 0 Å². The Morgan fingerprint density at radius 1 is 1.28 bits per heavy atom. The van der Waals surface area contributed by atoms with E-state index in [2.05, 4.69) is 9.71 Å². The van der Waals surface area contributed by atoms with Gasteiger partial charge >= 0.3 is 5.69 Å². The molecular formula is C14H15ClFN3O4S2. The van der Waals surface area contributed by atoms with Gasteiger partial charge in [0, 0.05) is 34.3 Å². The standard InChI is InChI=1S/C14H15ClFN3O4S2/c1-8-12(13(20)19-14(21)18-8)25(22,23)17-5-6-24-7-9-10(15)3-2-4-11(9)16/h2-4,17H,5-7H2,1H3,(H2,18,19,20,21). The van der Waals surface area contributed by atoms with Crippen LogP contribution in [0.15, 0.2) is 32.7 Å². The third-order valence-corrected chi connectivity index (χ3v) is 6.14. The summed E-state index contributed by atoms with van der Waals surface area (Å²) < 4.78 is 40.3. The molecule has 0 amide bonds. The van der Waals surface area contributed by atoms with E-state index in [9.17, 15) is 22.4 Å². The first kappa shape index (κ1) is 19.7. The molecule has 2 rings (SSSR count). The zero-order valence-electron chi connectivity index (χ0n) is 13.1. The number of nitrogens with one attached hydrogen (secondary N) is 3. The van der Waals surface area contributed by atoms with E-state index in [1.165, 1.54) is 30.8 Å². The van der Waals surface area contributed by atoms with Crippen molar-refractivity contribution in [1.82, 2.24) is 14.7 Å². The van der Waals surface area contributed by atoms with Crippen LogP contribution < -0.4 is 16.0 Å². The van der Waals surface area contributed by atoms with E-state index in [4.69, 9.17) is 11.6 Å². The van der Waals surface area contributed by atoms with Crippen molar-refractivity contribution in [3.05, 3.63) is 61.1 Å². The monoisotopic (exact) mass is 407 g/mol. The Hall–Kier alpha value is -1.62. The molecule has 0 atom stereocenters. The van der Waals surface area contributed by atoms with E-state index in [1.54, 1.807) is 6.07 Å². The van der Waals surface area contributed by atoms with Gasteiger partial charge in [-0.1, -0.05) is 17.7 Å². The molecule has 0 aliphatic rings. The fraction of sp³-hybridized carbons (Fsp3) is 0.286. The summed E-state index contributed by atoms with van der Waals surface area (Å²) >= 11 is 7.20. The summed E-state index contributed by atoms with van der Waals surface area (Å²) in [5, 5.41) is 0.309. The zero-order chi connectivity index (χ0) is 18.6. The number of halogens is 2. The average Bonchev–Trinajstić information content (AvgIpc) is 2.48. The van der Waals surface area contributed by atoms with Gasteiger partial charge in [-0.2, -0.15) is 11.8 Å². The minimum atomic E-state index is -4.08. The van der Waals surface area contributed by atoms with E-state index in [1.807, 2.05) is 4.98 Å². The highest BCUT2D eigenvalue weighted by Gasteiger charge is 2.21. The van der Waals surface area contributed by atoms with Crippen LogP contribution >= 0.6 is 23.4 Å². The molecule has 0 aliphatic heterocycles. The summed E-state index contributed by atoms with van der Waals surface area (Å²) in [4.78, 5) is 26.4. The van der Waals surface area contributed by atoms with Crippen LogP contribution in [0, 0.1) is 12.7 Å². The molecule has 1 aromatic carbocycles. The van der Waals surface area contributed by atoms with Crippen LogP contribution in [0.2, 0.25) is 5.02 Å². The SMILES string of the molecule is Cc1[nH]c(=O)[nH]c(=O)c1S(=O)(=O)NCCSCc1c(F)cccc1Cl. The van der Waals surface area contributed by atoms with Crippen molar-refractivity contribution in [2.45, 2.75) is 17.6 Å². The first-order valence-corrected chi connectivity index (χ1v) is 10.1. The third kappa shape index (κ3) is 4.94. The molecule has 0 bridgehead atoms. The van der Waals surface area contributed by atoms with Crippen molar-refractivity contribution in [2.24, 2.45) is 0 Å². The van der Waals surface area contributed by atoms with Crippen LogP contribution in [0.25, 0.3) is 0 Å². The Morgan fingerprint density at radius 2 is 2.00 bits per heavy atom. The van der Waals surface area contributed by atoms with E-state index >= 15 is 0 Å². The number of benzene rings is 1. The van der Waals surface area contributed by atoms with Crippen LogP contribution in [0.1, 0.15) is 11.3 Å². The number of thioether (sulfide) groups is 1. The average molecular weight is 408 g/mol. The number of H-pyrrole nitrogens is 2. The van der Waals surface area contributed by atoms with E-state index in [0.717, 1.165) is 0 Å². The molecule has 11 heteroatoms. The Kier molecular flexibility index (Phi) is 6.44.